The van der Waals surface area contributed by atoms with Gasteiger partial charge in [-0.15, -0.1) is 5.10 Å². The fourth-order valence-corrected chi connectivity index (χ4v) is 1.15. The van der Waals surface area contributed by atoms with E-state index in [4.69, 9.17) is 0 Å². The molecule has 2 N–H and O–H groups in total. The molecular formula is C9H17N5O. The monoisotopic (exact) mass is 211 g/mol. The van der Waals surface area contributed by atoms with E-state index in [1.54, 1.807) is 17.1 Å². The van der Waals surface area contributed by atoms with Crippen molar-refractivity contribution in [1.82, 2.24) is 25.6 Å². The van der Waals surface area contributed by atoms with Crippen LogP contribution in [0.1, 0.15) is 12.8 Å². The molecule has 0 saturated heterocycles. The van der Waals surface area contributed by atoms with E-state index in [2.05, 4.69) is 20.9 Å². The fourth-order valence-electron chi connectivity index (χ4n) is 1.15. The van der Waals surface area contributed by atoms with Crippen LogP contribution < -0.4 is 10.6 Å². The summed E-state index contributed by atoms with van der Waals surface area (Å²) in [6.45, 7) is 2.22. The minimum atomic E-state index is 0.0570. The smallest absolute Gasteiger partial charge is 0.221 e. The molecule has 6 heteroatoms. The molecule has 1 amide bonds. The second-order valence-corrected chi connectivity index (χ2v) is 3.22. The van der Waals surface area contributed by atoms with Crippen molar-refractivity contribution in [3.63, 3.8) is 0 Å². The molecule has 0 aliphatic heterocycles. The fraction of sp³-hybridized carbons (Fsp3) is 0.667. The van der Waals surface area contributed by atoms with Crippen LogP contribution in [0.5, 0.6) is 0 Å². The van der Waals surface area contributed by atoms with Gasteiger partial charge in [0, 0.05) is 19.2 Å². The molecule has 1 heterocycles. The molecular weight excluding hydrogens is 194 g/mol. The molecule has 0 aliphatic rings. The standard InChI is InChI=1S/C9H17N5O/c1-10-4-2-5-11-9(15)3-7-14-8-6-12-13-14/h6,8,10H,2-5,7H2,1H3,(H,11,15). The van der Waals surface area contributed by atoms with Crippen LogP contribution in [0.15, 0.2) is 12.4 Å². The first-order valence-electron chi connectivity index (χ1n) is 5.08. The predicted molar refractivity (Wildman–Crippen MR) is 56.2 cm³/mol. The zero-order valence-electron chi connectivity index (χ0n) is 8.94. The van der Waals surface area contributed by atoms with Crippen molar-refractivity contribution in [2.45, 2.75) is 19.4 Å². The highest BCUT2D eigenvalue weighted by Gasteiger charge is 2.00. The number of hydrogen-bond acceptors (Lipinski definition) is 4. The van der Waals surface area contributed by atoms with E-state index >= 15 is 0 Å². The average Bonchev–Trinajstić information content (AvgIpc) is 2.74. The van der Waals surface area contributed by atoms with Crippen molar-refractivity contribution < 1.29 is 4.79 Å². The number of aryl methyl sites for hydroxylation is 1. The van der Waals surface area contributed by atoms with Gasteiger partial charge in [-0.1, -0.05) is 5.21 Å². The topological polar surface area (TPSA) is 71.8 Å². The SMILES string of the molecule is CNCCCNC(=O)CCn1ccnn1. The summed E-state index contributed by atoms with van der Waals surface area (Å²) in [6.07, 6.45) is 4.74. The van der Waals surface area contributed by atoms with Crippen molar-refractivity contribution in [1.29, 1.82) is 0 Å². The minimum Gasteiger partial charge on any atom is -0.356 e. The second kappa shape index (κ2) is 6.94. The van der Waals surface area contributed by atoms with Crippen LogP contribution >= 0.6 is 0 Å². The lowest BCUT2D eigenvalue weighted by Crippen LogP contribution is -2.27. The van der Waals surface area contributed by atoms with Gasteiger partial charge in [-0.25, -0.2) is 0 Å². The Morgan fingerprint density at radius 1 is 1.47 bits per heavy atom. The lowest BCUT2D eigenvalue weighted by atomic mass is 10.3. The highest BCUT2D eigenvalue weighted by Crippen LogP contribution is 1.87. The zero-order valence-corrected chi connectivity index (χ0v) is 8.94. The highest BCUT2D eigenvalue weighted by atomic mass is 16.1. The quantitative estimate of drug-likeness (QED) is 0.590. The molecule has 1 aromatic heterocycles. The molecule has 0 bridgehead atoms. The van der Waals surface area contributed by atoms with Gasteiger partial charge in [0.25, 0.3) is 0 Å². The van der Waals surface area contributed by atoms with Crippen molar-refractivity contribution in [2.75, 3.05) is 20.1 Å². The Bertz CT molecular complexity index is 272. The van der Waals surface area contributed by atoms with Gasteiger partial charge in [0.1, 0.15) is 0 Å². The van der Waals surface area contributed by atoms with Gasteiger partial charge in [0.15, 0.2) is 0 Å². The number of carbonyl (C=O) groups excluding carboxylic acids is 1. The second-order valence-electron chi connectivity index (χ2n) is 3.22. The summed E-state index contributed by atoms with van der Waals surface area (Å²) in [5.74, 6) is 0.0570. The molecule has 15 heavy (non-hydrogen) atoms. The van der Waals surface area contributed by atoms with E-state index in [0.717, 1.165) is 19.5 Å². The lowest BCUT2D eigenvalue weighted by Gasteiger charge is -2.04. The van der Waals surface area contributed by atoms with Crippen LogP contribution in [0.3, 0.4) is 0 Å². The first-order valence-corrected chi connectivity index (χ1v) is 5.08. The third-order valence-corrected chi connectivity index (χ3v) is 1.97. The third kappa shape index (κ3) is 5.11. The summed E-state index contributed by atoms with van der Waals surface area (Å²) in [6, 6.07) is 0. The Hall–Kier alpha value is -1.43. The number of carbonyl (C=O) groups is 1. The molecule has 0 saturated carbocycles. The molecule has 1 aromatic rings. The van der Waals surface area contributed by atoms with Crippen molar-refractivity contribution in [3.05, 3.63) is 12.4 Å². The average molecular weight is 211 g/mol. The van der Waals surface area contributed by atoms with Crippen molar-refractivity contribution in [3.8, 4) is 0 Å². The molecule has 0 atom stereocenters. The largest absolute Gasteiger partial charge is 0.356 e. The summed E-state index contributed by atoms with van der Waals surface area (Å²) in [7, 11) is 1.90. The van der Waals surface area contributed by atoms with Crippen LogP contribution in [-0.2, 0) is 11.3 Å². The van der Waals surface area contributed by atoms with E-state index in [-0.39, 0.29) is 5.91 Å². The number of nitrogens with one attached hydrogen (secondary N) is 2. The van der Waals surface area contributed by atoms with E-state index < -0.39 is 0 Å². The van der Waals surface area contributed by atoms with Gasteiger partial charge in [-0.05, 0) is 20.0 Å². The number of aromatic nitrogens is 3. The normalized spacial score (nSPS) is 10.2. The first-order chi connectivity index (χ1) is 7.33. The van der Waals surface area contributed by atoms with Gasteiger partial charge in [0.05, 0.1) is 12.7 Å². The first kappa shape index (κ1) is 11.6. The molecule has 0 radical (unpaired) electrons. The van der Waals surface area contributed by atoms with Crippen LogP contribution in [-0.4, -0.2) is 41.0 Å². The van der Waals surface area contributed by atoms with Gasteiger partial charge in [-0.2, -0.15) is 0 Å². The maximum Gasteiger partial charge on any atom is 0.221 e. The summed E-state index contributed by atoms with van der Waals surface area (Å²) < 4.78 is 1.65. The molecule has 0 aromatic carbocycles. The molecule has 6 nitrogen and oxygen atoms in total. The molecule has 1 rings (SSSR count). The van der Waals surface area contributed by atoms with E-state index in [0.29, 0.717) is 13.0 Å². The van der Waals surface area contributed by atoms with E-state index in [1.165, 1.54) is 0 Å². The third-order valence-electron chi connectivity index (χ3n) is 1.97. The molecule has 0 fully saturated rings. The van der Waals surface area contributed by atoms with Crippen molar-refractivity contribution >= 4 is 5.91 Å². The van der Waals surface area contributed by atoms with Crippen LogP contribution in [0.25, 0.3) is 0 Å². The van der Waals surface area contributed by atoms with E-state index in [9.17, 15) is 4.79 Å². The Morgan fingerprint density at radius 2 is 2.33 bits per heavy atom. The Morgan fingerprint density at radius 3 is 3.00 bits per heavy atom. The Labute approximate surface area is 89.0 Å². The van der Waals surface area contributed by atoms with Crippen LogP contribution in [0, 0.1) is 0 Å². The number of nitrogens with zero attached hydrogens (tertiary/aromatic N) is 3. The minimum absolute atomic E-state index is 0.0570. The van der Waals surface area contributed by atoms with Gasteiger partial charge >= 0.3 is 0 Å². The zero-order chi connectivity index (χ0) is 10.9. The summed E-state index contributed by atoms with van der Waals surface area (Å²) in [4.78, 5) is 11.3. The molecule has 84 valence electrons. The van der Waals surface area contributed by atoms with Gasteiger partial charge in [-0.3, -0.25) is 9.48 Å². The van der Waals surface area contributed by atoms with Gasteiger partial charge < -0.3 is 10.6 Å². The van der Waals surface area contributed by atoms with E-state index in [1.807, 2.05) is 7.05 Å². The lowest BCUT2D eigenvalue weighted by molar-refractivity contribution is -0.121. The van der Waals surface area contributed by atoms with Crippen LogP contribution in [0.2, 0.25) is 0 Å². The predicted octanol–water partition coefficient (Wildman–Crippen LogP) is -0.606. The van der Waals surface area contributed by atoms with Crippen molar-refractivity contribution in [2.24, 2.45) is 0 Å². The van der Waals surface area contributed by atoms with Gasteiger partial charge in [0.2, 0.25) is 5.91 Å². The Balaban J connectivity index is 2.04. The maximum atomic E-state index is 11.3. The summed E-state index contributed by atoms with van der Waals surface area (Å²) >= 11 is 0. The van der Waals surface area contributed by atoms with Crippen LogP contribution in [0.4, 0.5) is 0 Å². The molecule has 0 unspecified atom stereocenters. The highest BCUT2D eigenvalue weighted by molar-refractivity contribution is 5.75. The number of amides is 1. The summed E-state index contributed by atoms with van der Waals surface area (Å²) in [5.41, 5.74) is 0. The number of rotatable bonds is 7. The maximum absolute atomic E-state index is 11.3. The molecule has 0 spiro atoms. The Kier molecular flexibility index (Phi) is 5.39. The summed E-state index contributed by atoms with van der Waals surface area (Å²) in [5, 5.41) is 13.3. The number of hydrogen-bond donors (Lipinski definition) is 2. The molecule has 0 aliphatic carbocycles.